The van der Waals surface area contributed by atoms with Gasteiger partial charge in [-0.2, -0.15) is 4.72 Å². The Morgan fingerprint density at radius 3 is 2.47 bits per heavy atom. The molecule has 32 heavy (non-hydrogen) atoms. The van der Waals surface area contributed by atoms with Crippen LogP contribution in [0.25, 0.3) is 0 Å². The van der Waals surface area contributed by atoms with Crippen molar-refractivity contribution >= 4 is 33.5 Å². The summed E-state index contributed by atoms with van der Waals surface area (Å²) in [4.78, 5) is 27.1. The van der Waals surface area contributed by atoms with Gasteiger partial charge in [-0.15, -0.1) is 0 Å². The van der Waals surface area contributed by atoms with Gasteiger partial charge in [0.15, 0.2) is 0 Å². The van der Waals surface area contributed by atoms with E-state index in [4.69, 9.17) is 21.4 Å². The van der Waals surface area contributed by atoms with Gasteiger partial charge in [0, 0.05) is 24.2 Å². The first kappa shape index (κ1) is 25.6. The summed E-state index contributed by atoms with van der Waals surface area (Å²) < 4.78 is 33.4. The fraction of sp³-hybridized carbons (Fsp3) is 0.381. The number of pyridine rings is 1. The van der Waals surface area contributed by atoms with Crippen LogP contribution in [0.15, 0.2) is 53.7 Å². The van der Waals surface area contributed by atoms with Gasteiger partial charge >= 0.3 is 5.97 Å². The van der Waals surface area contributed by atoms with E-state index in [1.165, 1.54) is 30.5 Å². The SMILES string of the molecule is O=C(O)CCCCCCNC(=O)[C@H](COc1cccnc1)NS(=O)(=O)c1ccc(Cl)cc1. The average molecular weight is 484 g/mol. The predicted octanol–water partition coefficient (Wildman–Crippen LogP) is 2.61. The molecule has 0 spiro atoms. The van der Waals surface area contributed by atoms with Crippen LogP contribution in [-0.2, 0) is 19.6 Å². The lowest BCUT2D eigenvalue weighted by Gasteiger charge is -2.19. The van der Waals surface area contributed by atoms with Crippen molar-refractivity contribution in [2.24, 2.45) is 0 Å². The van der Waals surface area contributed by atoms with Crippen LogP contribution in [0, 0.1) is 0 Å². The Labute approximate surface area is 192 Å². The van der Waals surface area contributed by atoms with Gasteiger partial charge in [-0.1, -0.05) is 24.4 Å². The highest BCUT2D eigenvalue weighted by Crippen LogP contribution is 2.15. The maximum atomic E-state index is 12.7. The maximum Gasteiger partial charge on any atom is 0.303 e. The van der Waals surface area contributed by atoms with Gasteiger partial charge in [-0.05, 0) is 49.2 Å². The molecular weight excluding hydrogens is 458 g/mol. The number of benzene rings is 1. The van der Waals surface area contributed by atoms with Crippen LogP contribution in [0.1, 0.15) is 32.1 Å². The van der Waals surface area contributed by atoms with E-state index in [0.717, 1.165) is 12.8 Å². The highest BCUT2D eigenvalue weighted by molar-refractivity contribution is 7.89. The smallest absolute Gasteiger partial charge is 0.303 e. The predicted molar refractivity (Wildman–Crippen MR) is 119 cm³/mol. The molecule has 0 aliphatic carbocycles. The minimum Gasteiger partial charge on any atom is -0.490 e. The second kappa shape index (κ2) is 13.0. The highest BCUT2D eigenvalue weighted by Gasteiger charge is 2.26. The van der Waals surface area contributed by atoms with Crippen molar-refractivity contribution in [3.8, 4) is 5.75 Å². The van der Waals surface area contributed by atoms with Gasteiger partial charge in [-0.3, -0.25) is 14.6 Å². The number of aliphatic carboxylic acids is 1. The Kier molecular flexibility index (Phi) is 10.4. The molecule has 9 nitrogen and oxygen atoms in total. The first-order valence-electron chi connectivity index (χ1n) is 10.1. The summed E-state index contributed by atoms with van der Waals surface area (Å²) in [6, 6.07) is 7.71. The molecule has 1 aromatic carbocycles. The first-order valence-corrected chi connectivity index (χ1v) is 11.9. The molecule has 0 saturated heterocycles. The fourth-order valence-electron chi connectivity index (χ4n) is 2.73. The van der Waals surface area contributed by atoms with E-state index < -0.39 is 27.9 Å². The summed E-state index contributed by atoms with van der Waals surface area (Å²) in [6.07, 6.45) is 5.85. The minimum atomic E-state index is -4.00. The molecular formula is C21H26ClN3O6S. The zero-order valence-corrected chi connectivity index (χ0v) is 18.9. The third-order valence-corrected chi connectivity index (χ3v) is 6.15. The van der Waals surface area contributed by atoms with E-state index in [-0.39, 0.29) is 17.9 Å². The number of halogens is 1. The Balaban J connectivity index is 1.96. The van der Waals surface area contributed by atoms with E-state index in [9.17, 15) is 18.0 Å². The lowest BCUT2D eigenvalue weighted by Crippen LogP contribution is -2.50. The number of amides is 1. The molecule has 1 atom stereocenters. The van der Waals surface area contributed by atoms with Gasteiger partial charge in [0.1, 0.15) is 18.4 Å². The van der Waals surface area contributed by atoms with Gasteiger partial charge in [0.2, 0.25) is 15.9 Å². The molecule has 174 valence electrons. The topological polar surface area (TPSA) is 135 Å². The number of rotatable bonds is 14. The number of carboxylic acids is 1. The summed E-state index contributed by atoms with van der Waals surface area (Å²) in [5, 5.41) is 11.7. The number of hydrogen-bond acceptors (Lipinski definition) is 6. The lowest BCUT2D eigenvalue weighted by atomic mass is 10.1. The standard InChI is InChI=1S/C21H26ClN3O6S/c22-16-8-10-18(11-9-16)32(29,30)25-19(15-31-17-6-5-12-23-14-17)21(28)24-13-4-2-1-3-7-20(26)27/h5-6,8-12,14,19,25H,1-4,7,13,15H2,(H,24,28)(H,26,27)/t19-/m0/s1. The van der Waals surface area contributed by atoms with Gasteiger partial charge < -0.3 is 15.2 Å². The van der Waals surface area contributed by atoms with Crippen molar-refractivity contribution in [2.75, 3.05) is 13.2 Å². The van der Waals surface area contributed by atoms with Crippen LogP contribution >= 0.6 is 11.6 Å². The molecule has 1 aromatic heterocycles. The lowest BCUT2D eigenvalue weighted by molar-refractivity contribution is -0.137. The van der Waals surface area contributed by atoms with Crippen molar-refractivity contribution in [1.29, 1.82) is 0 Å². The number of hydrogen-bond donors (Lipinski definition) is 3. The molecule has 0 fully saturated rings. The van der Waals surface area contributed by atoms with Crippen molar-refractivity contribution in [3.63, 3.8) is 0 Å². The molecule has 2 rings (SSSR count). The number of unbranched alkanes of at least 4 members (excludes halogenated alkanes) is 3. The van der Waals surface area contributed by atoms with Crippen LogP contribution in [0.5, 0.6) is 5.75 Å². The molecule has 0 radical (unpaired) electrons. The van der Waals surface area contributed by atoms with Crippen LogP contribution in [0.3, 0.4) is 0 Å². The summed E-state index contributed by atoms with van der Waals surface area (Å²) in [5.41, 5.74) is 0. The first-order chi connectivity index (χ1) is 15.3. The molecule has 0 unspecified atom stereocenters. The van der Waals surface area contributed by atoms with Crippen LogP contribution in [-0.4, -0.2) is 49.6 Å². The summed E-state index contributed by atoms with van der Waals surface area (Å²) >= 11 is 5.82. The third kappa shape index (κ3) is 9.21. The van der Waals surface area contributed by atoms with E-state index in [1.807, 2.05) is 0 Å². The molecule has 2 aromatic rings. The molecule has 3 N–H and O–H groups in total. The molecule has 0 aliphatic rings. The number of carboxylic acid groups (broad SMARTS) is 1. The summed E-state index contributed by atoms with van der Waals surface area (Å²) in [6.45, 7) is 0.0981. The van der Waals surface area contributed by atoms with Crippen molar-refractivity contribution < 1.29 is 27.9 Å². The summed E-state index contributed by atoms with van der Waals surface area (Å²) in [5.74, 6) is -0.964. The van der Waals surface area contributed by atoms with Crippen molar-refractivity contribution in [1.82, 2.24) is 15.0 Å². The Morgan fingerprint density at radius 2 is 1.81 bits per heavy atom. The van der Waals surface area contributed by atoms with Crippen molar-refractivity contribution in [2.45, 2.75) is 43.0 Å². The highest BCUT2D eigenvalue weighted by atomic mass is 35.5. The number of carbonyl (C=O) groups is 2. The molecule has 0 saturated carbocycles. The zero-order chi connectivity index (χ0) is 23.4. The van der Waals surface area contributed by atoms with Crippen LogP contribution in [0.2, 0.25) is 5.02 Å². The van der Waals surface area contributed by atoms with Gasteiger partial charge in [-0.25, -0.2) is 8.42 Å². The number of aromatic nitrogens is 1. The minimum absolute atomic E-state index is 0.0282. The van der Waals surface area contributed by atoms with Gasteiger partial charge in [0.25, 0.3) is 0 Å². The molecule has 0 aliphatic heterocycles. The Hall–Kier alpha value is -2.69. The number of carbonyl (C=O) groups excluding carboxylic acids is 1. The van der Waals surface area contributed by atoms with E-state index >= 15 is 0 Å². The van der Waals surface area contributed by atoms with Crippen LogP contribution in [0.4, 0.5) is 0 Å². The number of nitrogens with zero attached hydrogens (tertiary/aromatic N) is 1. The second-order valence-electron chi connectivity index (χ2n) is 6.98. The zero-order valence-electron chi connectivity index (χ0n) is 17.4. The van der Waals surface area contributed by atoms with E-state index in [2.05, 4.69) is 15.0 Å². The number of sulfonamides is 1. The molecule has 0 bridgehead atoms. The van der Waals surface area contributed by atoms with Crippen LogP contribution < -0.4 is 14.8 Å². The second-order valence-corrected chi connectivity index (χ2v) is 9.13. The Bertz CT molecular complexity index is 971. The van der Waals surface area contributed by atoms with E-state index in [1.54, 1.807) is 18.3 Å². The molecule has 11 heteroatoms. The average Bonchev–Trinajstić information content (AvgIpc) is 2.76. The van der Waals surface area contributed by atoms with E-state index in [0.29, 0.717) is 30.2 Å². The monoisotopic (exact) mass is 483 g/mol. The normalized spacial score (nSPS) is 12.2. The molecule has 1 heterocycles. The summed E-state index contributed by atoms with van der Waals surface area (Å²) in [7, 11) is -4.00. The number of ether oxygens (including phenoxy) is 1. The maximum absolute atomic E-state index is 12.7. The Morgan fingerprint density at radius 1 is 1.09 bits per heavy atom. The fourth-order valence-corrected chi connectivity index (χ4v) is 4.04. The number of nitrogens with one attached hydrogen (secondary N) is 2. The van der Waals surface area contributed by atoms with Gasteiger partial charge in [0.05, 0.1) is 11.1 Å². The van der Waals surface area contributed by atoms with Crippen molar-refractivity contribution in [3.05, 3.63) is 53.8 Å². The largest absolute Gasteiger partial charge is 0.490 e. The third-order valence-electron chi connectivity index (χ3n) is 4.41. The quantitative estimate of drug-likeness (QED) is 0.351. The molecule has 1 amide bonds.